The molecule has 0 bridgehead atoms. The van der Waals surface area contributed by atoms with Crippen LogP contribution in [0.25, 0.3) is 0 Å². The highest BCUT2D eigenvalue weighted by molar-refractivity contribution is 7.10. The summed E-state index contributed by atoms with van der Waals surface area (Å²) in [7, 11) is 0. The predicted octanol–water partition coefficient (Wildman–Crippen LogP) is 2.82. The van der Waals surface area contributed by atoms with Crippen LogP contribution in [0.2, 0.25) is 0 Å². The molecule has 4 heterocycles. The van der Waals surface area contributed by atoms with Gasteiger partial charge in [0.1, 0.15) is 11.9 Å². The Kier molecular flexibility index (Phi) is 4.41. The molecule has 4 rings (SSSR count). The van der Waals surface area contributed by atoms with Crippen molar-refractivity contribution in [1.82, 2.24) is 9.88 Å². The molecule has 5 nitrogen and oxygen atoms in total. The fraction of sp³-hybridized carbons (Fsp3) is 0.421. The van der Waals surface area contributed by atoms with E-state index in [0.717, 1.165) is 51.3 Å². The van der Waals surface area contributed by atoms with Crippen molar-refractivity contribution in [1.29, 1.82) is 5.26 Å². The molecule has 0 unspecified atom stereocenters. The lowest BCUT2D eigenvalue weighted by Crippen LogP contribution is -2.44. The number of nitrogens with zero attached hydrogens (tertiary/aromatic N) is 4. The minimum atomic E-state index is 0.120. The molecule has 1 fully saturated rings. The average molecular weight is 352 g/mol. The van der Waals surface area contributed by atoms with Gasteiger partial charge in [-0.3, -0.25) is 4.79 Å². The Balaban J connectivity index is 1.35. The molecule has 2 aliphatic rings. The number of anilines is 1. The number of pyridine rings is 1. The van der Waals surface area contributed by atoms with Crippen molar-refractivity contribution >= 4 is 23.1 Å². The zero-order chi connectivity index (χ0) is 17.2. The molecule has 0 spiro atoms. The fourth-order valence-corrected chi connectivity index (χ4v) is 4.58. The number of fused-ring (bicyclic) bond motifs is 1. The van der Waals surface area contributed by atoms with E-state index in [1.54, 1.807) is 23.6 Å². The third-order valence-corrected chi connectivity index (χ3v) is 6.19. The molecule has 0 saturated carbocycles. The van der Waals surface area contributed by atoms with E-state index < -0.39 is 0 Å². The van der Waals surface area contributed by atoms with Crippen LogP contribution in [0.1, 0.15) is 28.8 Å². The van der Waals surface area contributed by atoms with E-state index in [1.807, 2.05) is 11.0 Å². The van der Waals surface area contributed by atoms with Gasteiger partial charge < -0.3 is 9.80 Å². The van der Waals surface area contributed by atoms with Gasteiger partial charge in [0.05, 0.1) is 5.56 Å². The van der Waals surface area contributed by atoms with E-state index in [1.165, 1.54) is 10.4 Å². The standard InChI is InChI=1S/C19H20N4OS/c20-11-14-1-2-18(21-12-14)22-7-3-15(4-8-22)19(24)23-9-5-17-16(13-23)6-10-25-17/h1-2,6,10,12,15H,3-5,7-9,13H2. The van der Waals surface area contributed by atoms with Crippen molar-refractivity contribution in [2.45, 2.75) is 25.8 Å². The van der Waals surface area contributed by atoms with Crippen molar-refractivity contribution in [3.8, 4) is 6.07 Å². The molecular weight excluding hydrogens is 332 g/mol. The van der Waals surface area contributed by atoms with Crippen LogP contribution >= 0.6 is 11.3 Å². The molecule has 1 amide bonds. The number of carbonyl (C=O) groups is 1. The molecule has 25 heavy (non-hydrogen) atoms. The number of amides is 1. The zero-order valence-corrected chi connectivity index (χ0v) is 14.8. The number of hydrogen-bond donors (Lipinski definition) is 0. The number of nitriles is 1. The lowest BCUT2D eigenvalue weighted by atomic mass is 9.94. The van der Waals surface area contributed by atoms with Crippen molar-refractivity contribution in [2.75, 3.05) is 24.5 Å². The summed E-state index contributed by atoms with van der Waals surface area (Å²) in [6.07, 6.45) is 4.34. The van der Waals surface area contributed by atoms with E-state index in [4.69, 9.17) is 5.26 Å². The highest BCUT2D eigenvalue weighted by atomic mass is 32.1. The maximum absolute atomic E-state index is 12.9. The maximum atomic E-state index is 12.9. The zero-order valence-electron chi connectivity index (χ0n) is 14.0. The van der Waals surface area contributed by atoms with E-state index in [-0.39, 0.29) is 5.92 Å². The number of piperidine rings is 1. The Morgan fingerprint density at radius 1 is 1.24 bits per heavy atom. The minimum absolute atomic E-state index is 0.120. The fourth-order valence-electron chi connectivity index (χ4n) is 3.69. The Bertz CT molecular complexity index is 800. The molecule has 2 aliphatic heterocycles. The lowest BCUT2D eigenvalue weighted by molar-refractivity contribution is -0.137. The molecule has 0 aromatic carbocycles. The van der Waals surface area contributed by atoms with E-state index >= 15 is 0 Å². The highest BCUT2D eigenvalue weighted by Crippen LogP contribution is 2.28. The van der Waals surface area contributed by atoms with Crippen molar-refractivity contribution in [2.24, 2.45) is 5.92 Å². The molecule has 0 atom stereocenters. The SMILES string of the molecule is N#Cc1ccc(N2CCC(C(=O)N3CCc4sccc4C3)CC2)nc1. The molecule has 128 valence electrons. The van der Waals surface area contributed by atoms with Gasteiger partial charge in [0.2, 0.25) is 5.91 Å². The van der Waals surface area contributed by atoms with Crippen molar-refractivity contribution in [3.63, 3.8) is 0 Å². The van der Waals surface area contributed by atoms with Crippen LogP contribution in [-0.2, 0) is 17.8 Å². The van der Waals surface area contributed by atoms with E-state index in [2.05, 4.69) is 27.4 Å². The number of aromatic nitrogens is 1. The minimum Gasteiger partial charge on any atom is -0.357 e. The van der Waals surface area contributed by atoms with Gasteiger partial charge in [-0.05, 0) is 48.4 Å². The molecule has 2 aromatic rings. The van der Waals surface area contributed by atoms with E-state index in [9.17, 15) is 4.79 Å². The normalized spacial score (nSPS) is 17.9. The summed E-state index contributed by atoms with van der Waals surface area (Å²) < 4.78 is 0. The topological polar surface area (TPSA) is 60.2 Å². The monoisotopic (exact) mass is 352 g/mol. The first kappa shape index (κ1) is 16.1. The Labute approximate surface area is 151 Å². The first-order valence-electron chi connectivity index (χ1n) is 8.70. The maximum Gasteiger partial charge on any atom is 0.226 e. The van der Waals surface area contributed by atoms with Gasteiger partial charge in [0.25, 0.3) is 0 Å². The van der Waals surface area contributed by atoms with Crippen LogP contribution in [0, 0.1) is 17.2 Å². The number of hydrogen-bond acceptors (Lipinski definition) is 5. The Hall–Kier alpha value is -2.39. The van der Waals surface area contributed by atoms with Crippen molar-refractivity contribution < 1.29 is 4.79 Å². The highest BCUT2D eigenvalue weighted by Gasteiger charge is 2.30. The quantitative estimate of drug-likeness (QED) is 0.834. The smallest absolute Gasteiger partial charge is 0.226 e. The van der Waals surface area contributed by atoms with Gasteiger partial charge in [0.15, 0.2) is 0 Å². The Morgan fingerprint density at radius 3 is 2.80 bits per heavy atom. The summed E-state index contributed by atoms with van der Waals surface area (Å²) in [5.41, 5.74) is 1.90. The molecule has 6 heteroatoms. The predicted molar refractivity (Wildman–Crippen MR) is 97.3 cm³/mol. The average Bonchev–Trinajstić information content (AvgIpc) is 3.15. The molecule has 2 aromatic heterocycles. The third kappa shape index (κ3) is 3.24. The first-order valence-corrected chi connectivity index (χ1v) is 9.57. The lowest BCUT2D eigenvalue weighted by Gasteiger charge is -2.36. The number of carbonyl (C=O) groups excluding carboxylic acids is 1. The van der Waals surface area contributed by atoms with Crippen LogP contribution in [0.3, 0.4) is 0 Å². The second-order valence-electron chi connectivity index (χ2n) is 6.66. The van der Waals surface area contributed by atoms with Crippen LogP contribution in [-0.4, -0.2) is 35.4 Å². The summed E-state index contributed by atoms with van der Waals surface area (Å²) >= 11 is 1.80. The Morgan fingerprint density at radius 2 is 2.08 bits per heavy atom. The molecule has 0 aliphatic carbocycles. The summed E-state index contributed by atoms with van der Waals surface area (Å²) in [6, 6.07) is 7.93. The third-order valence-electron chi connectivity index (χ3n) is 5.16. The largest absolute Gasteiger partial charge is 0.357 e. The number of thiophene rings is 1. The van der Waals surface area contributed by atoms with Gasteiger partial charge >= 0.3 is 0 Å². The van der Waals surface area contributed by atoms with Crippen LogP contribution in [0.4, 0.5) is 5.82 Å². The second-order valence-corrected chi connectivity index (χ2v) is 7.66. The van der Waals surface area contributed by atoms with Gasteiger partial charge in [0, 0.05) is 43.2 Å². The van der Waals surface area contributed by atoms with Gasteiger partial charge in [-0.1, -0.05) is 0 Å². The number of rotatable bonds is 2. The van der Waals surface area contributed by atoms with Crippen LogP contribution in [0.5, 0.6) is 0 Å². The molecule has 1 saturated heterocycles. The first-order chi connectivity index (χ1) is 12.2. The van der Waals surface area contributed by atoms with Gasteiger partial charge in [-0.15, -0.1) is 11.3 Å². The summed E-state index contributed by atoms with van der Waals surface area (Å²) in [6.45, 7) is 3.30. The van der Waals surface area contributed by atoms with Crippen molar-refractivity contribution in [3.05, 3.63) is 45.8 Å². The van der Waals surface area contributed by atoms with Gasteiger partial charge in [-0.2, -0.15) is 5.26 Å². The van der Waals surface area contributed by atoms with Crippen LogP contribution < -0.4 is 4.90 Å². The second kappa shape index (κ2) is 6.85. The summed E-state index contributed by atoms with van der Waals surface area (Å²) in [4.78, 5) is 22.9. The van der Waals surface area contributed by atoms with E-state index in [0.29, 0.717) is 11.5 Å². The molecular formula is C19H20N4OS. The molecule has 0 N–H and O–H groups in total. The van der Waals surface area contributed by atoms with Gasteiger partial charge in [-0.25, -0.2) is 4.98 Å². The molecule has 0 radical (unpaired) electrons. The summed E-state index contributed by atoms with van der Waals surface area (Å²) in [5, 5.41) is 11.0. The van der Waals surface area contributed by atoms with Crippen LogP contribution in [0.15, 0.2) is 29.8 Å². The summed E-state index contributed by atoms with van der Waals surface area (Å²) in [5.74, 6) is 1.32.